The molecule has 3 rings (SSSR count). The summed E-state index contributed by atoms with van der Waals surface area (Å²) < 4.78 is 37.5. The van der Waals surface area contributed by atoms with E-state index in [4.69, 9.17) is 0 Å². The lowest BCUT2D eigenvalue weighted by Crippen LogP contribution is -2.37. The first-order valence-electron chi connectivity index (χ1n) is 8.02. The van der Waals surface area contributed by atoms with Crippen molar-refractivity contribution in [1.82, 2.24) is 10.3 Å². The van der Waals surface area contributed by atoms with Crippen LogP contribution in [-0.2, 0) is 12.6 Å². The summed E-state index contributed by atoms with van der Waals surface area (Å²) in [7, 11) is 0. The molecule has 25 heavy (non-hydrogen) atoms. The van der Waals surface area contributed by atoms with Gasteiger partial charge in [0.15, 0.2) is 0 Å². The average molecular weight is 349 g/mol. The van der Waals surface area contributed by atoms with Crippen molar-refractivity contribution in [2.45, 2.75) is 25.6 Å². The Hall–Kier alpha value is -2.57. The van der Waals surface area contributed by atoms with Crippen LogP contribution >= 0.6 is 0 Å². The van der Waals surface area contributed by atoms with Gasteiger partial charge in [-0.1, -0.05) is 18.2 Å². The molecule has 1 aliphatic heterocycles. The predicted octanol–water partition coefficient (Wildman–Crippen LogP) is 3.28. The molecule has 7 heteroatoms. The monoisotopic (exact) mass is 349 g/mol. The van der Waals surface area contributed by atoms with Gasteiger partial charge in [-0.05, 0) is 37.1 Å². The van der Waals surface area contributed by atoms with E-state index in [1.165, 1.54) is 11.3 Å². The lowest BCUT2D eigenvalue weighted by molar-refractivity contribution is -0.141. The number of para-hydroxylation sites is 1. The third-order valence-corrected chi connectivity index (χ3v) is 4.30. The minimum Gasteiger partial charge on any atom is -0.367 e. The van der Waals surface area contributed by atoms with Gasteiger partial charge in [0.05, 0.1) is 5.56 Å². The molecule has 132 valence electrons. The number of nitrogens with zero attached hydrogens (tertiary/aromatic N) is 2. The molecule has 0 spiro atoms. The van der Waals surface area contributed by atoms with Crippen LogP contribution in [0.15, 0.2) is 42.6 Å². The van der Waals surface area contributed by atoms with Crippen LogP contribution in [0.1, 0.15) is 28.5 Å². The van der Waals surface area contributed by atoms with Crippen LogP contribution in [0.3, 0.4) is 0 Å². The van der Waals surface area contributed by atoms with Crippen molar-refractivity contribution >= 4 is 11.6 Å². The molecule has 0 aliphatic carbocycles. The maximum Gasteiger partial charge on any atom is 0.433 e. The summed E-state index contributed by atoms with van der Waals surface area (Å²) in [6, 6.07) is 10.4. The fourth-order valence-electron chi connectivity index (χ4n) is 3.06. The second-order valence-electron chi connectivity index (χ2n) is 6.06. The Kier molecular flexibility index (Phi) is 4.65. The van der Waals surface area contributed by atoms with Crippen LogP contribution in [0.4, 0.5) is 18.9 Å². The fourth-order valence-corrected chi connectivity index (χ4v) is 3.06. The molecule has 0 saturated carbocycles. The van der Waals surface area contributed by atoms with E-state index >= 15 is 0 Å². The van der Waals surface area contributed by atoms with E-state index in [-0.39, 0.29) is 5.56 Å². The van der Waals surface area contributed by atoms with Gasteiger partial charge in [0.25, 0.3) is 5.91 Å². The molecule has 1 aliphatic rings. The molecule has 0 bridgehead atoms. The van der Waals surface area contributed by atoms with Gasteiger partial charge in [-0.25, -0.2) is 0 Å². The van der Waals surface area contributed by atoms with E-state index in [0.717, 1.165) is 24.8 Å². The third kappa shape index (κ3) is 3.75. The first kappa shape index (κ1) is 17.3. The van der Waals surface area contributed by atoms with Gasteiger partial charge in [-0.2, -0.15) is 13.2 Å². The first-order chi connectivity index (χ1) is 11.9. The van der Waals surface area contributed by atoms with Gasteiger partial charge in [0, 0.05) is 31.0 Å². The number of halogens is 3. The molecule has 2 heterocycles. The molecular weight excluding hydrogens is 331 g/mol. The Morgan fingerprint density at radius 1 is 1.28 bits per heavy atom. The molecule has 1 atom stereocenters. The number of benzene rings is 1. The molecule has 0 unspecified atom stereocenters. The Labute approximate surface area is 143 Å². The number of rotatable bonds is 4. The van der Waals surface area contributed by atoms with Crippen molar-refractivity contribution in [3.05, 3.63) is 59.4 Å². The van der Waals surface area contributed by atoms with Crippen molar-refractivity contribution in [2.24, 2.45) is 0 Å². The highest BCUT2D eigenvalue weighted by Gasteiger charge is 2.32. The SMILES string of the molecule is C[C@@H]1Cc2ccccc2N1CCNC(=O)c1ccc(C(F)(F)F)nc1. The number of hydrogen-bond donors (Lipinski definition) is 1. The van der Waals surface area contributed by atoms with Crippen molar-refractivity contribution < 1.29 is 18.0 Å². The molecule has 0 saturated heterocycles. The largest absolute Gasteiger partial charge is 0.433 e. The summed E-state index contributed by atoms with van der Waals surface area (Å²) in [5, 5.41) is 2.73. The maximum atomic E-state index is 12.5. The van der Waals surface area contributed by atoms with Gasteiger partial charge in [0.1, 0.15) is 5.69 Å². The van der Waals surface area contributed by atoms with E-state index in [0.29, 0.717) is 19.1 Å². The number of hydrogen-bond acceptors (Lipinski definition) is 3. The van der Waals surface area contributed by atoms with Gasteiger partial charge in [-0.3, -0.25) is 9.78 Å². The highest BCUT2D eigenvalue weighted by Crippen LogP contribution is 2.31. The summed E-state index contributed by atoms with van der Waals surface area (Å²) in [5.41, 5.74) is 1.56. The van der Waals surface area contributed by atoms with Crippen LogP contribution in [-0.4, -0.2) is 30.0 Å². The highest BCUT2D eigenvalue weighted by atomic mass is 19.4. The number of nitrogens with one attached hydrogen (secondary N) is 1. The minimum absolute atomic E-state index is 0.114. The number of carbonyl (C=O) groups is 1. The Bertz CT molecular complexity index is 759. The number of fused-ring (bicyclic) bond motifs is 1. The zero-order valence-electron chi connectivity index (χ0n) is 13.7. The second-order valence-corrected chi connectivity index (χ2v) is 6.06. The highest BCUT2D eigenvalue weighted by molar-refractivity contribution is 5.93. The summed E-state index contributed by atoms with van der Waals surface area (Å²) in [6.45, 7) is 3.16. The molecule has 0 fully saturated rings. The van der Waals surface area contributed by atoms with Crippen molar-refractivity contribution in [2.75, 3.05) is 18.0 Å². The molecule has 2 aromatic rings. The summed E-state index contributed by atoms with van der Waals surface area (Å²) >= 11 is 0. The lowest BCUT2D eigenvalue weighted by Gasteiger charge is -2.25. The topological polar surface area (TPSA) is 45.2 Å². The number of amides is 1. The van der Waals surface area contributed by atoms with Crippen LogP contribution in [0.25, 0.3) is 0 Å². The average Bonchev–Trinajstić information content (AvgIpc) is 2.90. The normalized spacial score (nSPS) is 16.6. The zero-order valence-corrected chi connectivity index (χ0v) is 13.7. The van der Waals surface area contributed by atoms with E-state index < -0.39 is 17.8 Å². The van der Waals surface area contributed by atoms with Gasteiger partial charge >= 0.3 is 6.18 Å². The van der Waals surface area contributed by atoms with Gasteiger partial charge in [-0.15, -0.1) is 0 Å². The van der Waals surface area contributed by atoms with E-state index in [9.17, 15) is 18.0 Å². The summed E-state index contributed by atoms with van der Waals surface area (Å²) in [5.74, 6) is -0.429. The Morgan fingerprint density at radius 3 is 2.72 bits per heavy atom. The predicted molar refractivity (Wildman–Crippen MR) is 88.5 cm³/mol. The van der Waals surface area contributed by atoms with Crippen LogP contribution in [0, 0.1) is 0 Å². The second kappa shape index (κ2) is 6.74. The Morgan fingerprint density at radius 2 is 2.04 bits per heavy atom. The first-order valence-corrected chi connectivity index (χ1v) is 8.02. The molecule has 1 amide bonds. The van der Waals surface area contributed by atoms with Crippen LogP contribution in [0.5, 0.6) is 0 Å². The fraction of sp³-hybridized carbons (Fsp3) is 0.333. The van der Waals surface area contributed by atoms with E-state index in [1.807, 2.05) is 12.1 Å². The summed E-state index contributed by atoms with van der Waals surface area (Å²) in [4.78, 5) is 17.6. The van der Waals surface area contributed by atoms with Crippen molar-refractivity contribution in [3.8, 4) is 0 Å². The van der Waals surface area contributed by atoms with Gasteiger partial charge < -0.3 is 10.2 Å². The molecule has 4 nitrogen and oxygen atoms in total. The summed E-state index contributed by atoms with van der Waals surface area (Å²) in [6.07, 6.45) is -2.59. The van der Waals surface area contributed by atoms with Crippen LogP contribution in [0.2, 0.25) is 0 Å². The number of anilines is 1. The maximum absolute atomic E-state index is 12.5. The molecular formula is C18H18F3N3O. The molecule has 1 N–H and O–H groups in total. The smallest absolute Gasteiger partial charge is 0.367 e. The quantitative estimate of drug-likeness (QED) is 0.921. The van der Waals surface area contributed by atoms with Crippen molar-refractivity contribution in [1.29, 1.82) is 0 Å². The van der Waals surface area contributed by atoms with Crippen LogP contribution < -0.4 is 10.2 Å². The number of alkyl halides is 3. The minimum atomic E-state index is -4.51. The molecule has 1 aromatic carbocycles. The standard InChI is InChI=1S/C18H18F3N3O/c1-12-10-13-4-2-3-5-15(13)24(12)9-8-22-17(25)14-6-7-16(23-11-14)18(19,20)21/h2-7,11-12H,8-10H2,1H3,(H,22,25)/t12-/m1/s1. The van der Waals surface area contributed by atoms with E-state index in [1.54, 1.807) is 0 Å². The number of carbonyl (C=O) groups excluding carboxylic acids is 1. The molecule has 0 radical (unpaired) electrons. The Balaban J connectivity index is 1.56. The molecule has 1 aromatic heterocycles. The van der Waals surface area contributed by atoms with Gasteiger partial charge in [0.2, 0.25) is 0 Å². The third-order valence-electron chi connectivity index (χ3n) is 4.30. The zero-order chi connectivity index (χ0) is 18.0. The van der Waals surface area contributed by atoms with E-state index in [2.05, 4.69) is 34.3 Å². The number of aromatic nitrogens is 1. The number of pyridine rings is 1. The van der Waals surface area contributed by atoms with Crippen molar-refractivity contribution in [3.63, 3.8) is 0 Å². The lowest BCUT2D eigenvalue weighted by atomic mass is 10.1.